The molecule has 15 heavy (non-hydrogen) atoms. The number of rotatable bonds is 6. The number of amides is 1. The summed E-state index contributed by atoms with van der Waals surface area (Å²) in [4.78, 5) is 19.8. The van der Waals surface area contributed by atoms with Crippen LogP contribution in [-0.4, -0.2) is 24.4 Å². The standard InChI is InChI=1S/C9H11N3O3/c13-7-10-5-6-11-8-1-3-9(4-2-8)12(14)15/h1-4,7,11H,5-6H2,(H,10,13). The van der Waals surface area contributed by atoms with Gasteiger partial charge in [0.2, 0.25) is 6.41 Å². The number of nitro benzene ring substituents is 1. The SMILES string of the molecule is O=CNCCNc1ccc([N+](=O)[O-])cc1. The lowest BCUT2D eigenvalue weighted by atomic mass is 10.3. The summed E-state index contributed by atoms with van der Waals surface area (Å²) in [6.07, 6.45) is 0.623. The summed E-state index contributed by atoms with van der Waals surface area (Å²) in [5.74, 6) is 0. The van der Waals surface area contributed by atoms with E-state index in [2.05, 4.69) is 10.6 Å². The van der Waals surface area contributed by atoms with Crippen LogP contribution >= 0.6 is 0 Å². The Morgan fingerprint density at radius 3 is 2.47 bits per heavy atom. The van der Waals surface area contributed by atoms with Crippen LogP contribution < -0.4 is 10.6 Å². The number of nitrogens with one attached hydrogen (secondary N) is 2. The molecule has 6 nitrogen and oxygen atoms in total. The first kappa shape index (κ1) is 11.0. The topological polar surface area (TPSA) is 84.3 Å². The lowest BCUT2D eigenvalue weighted by molar-refractivity contribution is -0.384. The zero-order valence-electron chi connectivity index (χ0n) is 7.97. The van der Waals surface area contributed by atoms with Gasteiger partial charge in [-0.05, 0) is 12.1 Å². The monoisotopic (exact) mass is 209 g/mol. The molecule has 0 fully saturated rings. The highest BCUT2D eigenvalue weighted by molar-refractivity contribution is 5.49. The van der Waals surface area contributed by atoms with Gasteiger partial charge in [-0.15, -0.1) is 0 Å². The molecular formula is C9H11N3O3. The fourth-order valence-electron chi connectivity index (χ4n) is 1.04. The second-order valence-electron chi connectivity index (χ2n) is 2.80. The van der Waals surface area contributed by atoms with E-state index in [4.69, 9.17) is 0 Å². The first-order valence-electron chi connectivity index (χ1n) is 4.39. The van der Waals surface area contributed by atoms with Crippen molar-refractivity contribution in [3.63, 3.8) is 0 Å². The molecule has 2 N–H and O–H groups in total. The van der Waals surface area contributed by atoms with Gasteiger partial charge in [-0.1, -0.05) is 0 Å². The zero-order valence-corrected chi connectivity index (χ0v) is 7.97. The third-order valence-electron chi connectivity index (χ3n) is 1.76. The van der Waals surface area contributed by atoms with Crippen molar-refractivity contribution in [2.45, 2.75) is 0 Å². The van der Waals surface area contributed by atoms with Crippen molar-refractivity contribution in [2.75, 3.05) is 18.4 Å². The predicted molar refractivity (Wildman–Crippen MR) is 55.7 cm³/mol. The Labute approximate surface area is 86.4 Å². The minimum absolute atomic E-state index is 0.0616. The van der Waals surface area contributed by atoms with E-state index in [0.29, 0.717) is 19.5 Å². The van der Waals surface area contributed by atoms with Crippen LogP contribution in [0.5, 0.6) is 0 Å². The van der Waals surface area contributed by atoms with Crippen molar-refractivity contribution in [1.29, 1.82) is 0 Å². The van der Waals surface area contributed by atoms with E-state index in [1.807, 2.05) is 0 Å². The van der Waals surface area contributed by atoms with Gasteiger partial charge in [0.05, 0.1) is 4.92 Å². The van der Waals surface area contributed by atoms with Gasteiger partial charge in [0, 0.05) is 30.9 Å². The van der Waals surface area contributed by atoms with Gasteiger partial charge in [0.1, 0.15) is 0 Å². The molecule has 0 saturated carbocycles. The van der Waals surface area contributed by atoms with Gasteiger partial charge >= 0.3 is 0 Å². The molecule has 1 amide bonds. The molecule has 0 aliphatic rings. The fraction of sp³-hybridized carbons (Fsp3) is 0.222. The summed E-state index contributed by atoms with van der Waals surface area (Å²) in [6.45, 7) is 1.09. The molecule has 1 aromatic carbocycles. The maximum absolute atomic E-state index is 10.3. The smallest absolute Gasteiger partial charge is 0.269 e. The van der Waals surface area contributed by atoms with Crippen LogP contribution in [0.3, 0.4) is 0 Å². The van der Waals surface area contributed by atoms with Gasteiger partial charge in [-0.2, -0.15) is 0 Å². The van der Waals surface area contributed by atoms with E-state index in [1.54, 1.807) is 12.1 Å². The molecule has 0 bridgehead atoms. The average Bonchev–Trinajstić information content (AvgIpc) is 2.25. The molecule has 0 aromatic heterocycles. The van der Waals surface area contributed by atoms with Gasteiger partial charge in [-0.25, -0.2) is 0 Å². The van der Waals surface area contributed by atoms with Crippen LogP contribution in [0.1, 0.15) is 0 Å². The molecule has 0 aliphatic carbocycles. The van der Waals surface area contributed by atoms with E-state index < -0.39 is 4.92 Å². The Morgan fingerprint density at radius 2 is 1.93 bits per heavy atom. The summed E-state index contributed by atoms with van der Waals surface area (Å²) in [7, 11) is 0. The van der Waals surface area contributed by atoms with E-state index in [1.165, 1.54) is 12.1 Å². The van der Waals surface area contributed by atoms with Crippen molar-refractivity contribution in [2.24, 2.45) is 0 Å². The summed E-state index contributed by atoms with van der Waals surface area (Å²) < 4.78 is 0. The maximum atomic E-state index is 10.3. The fourth-order valence-corrected chi connectivity index (χ4v) is 1.04. The van der Waals surface area contributed by atoms with Crippen molar-refractivity contribution >= 4 is 17.8 Å². The first-order chi connectivity index (χ1) is 7.24. The molecule has 80 valence electrons. The molecule has 6 heteroatoms. The summed E-state index contributed by atoms with van der Waals surface area (Å²) in [6, 6.07) is 6.10. The highest BCUT2D eigenvalue weighted by Gasteiger charge is 2.02. The minimum Gasteiger partial charge on any atom is -0.383 e. The van der Waals surface area contributed by atoms with Crippen LogP contribution in [0.25, 0.3) is 0 Å². The number of hydrogen-bond donors (Lipinski definition) is 2. The highest BCUT2D eigenvalue weighted by atomic mass is 16.6. The number of anilines is 1. The van der Waals surface area contributed by atoms with Gasteiger partial charge in [0.15, 0.2) is 0 Å². The van der Waals surface area contributed by atoms with Crippen LogP contribution in [0.2, 0.25) is 0 Å². The Bertz CT molecular complexity index is 337. The highest BCUT2D eigenvalue weighted by Crippen LogP contribution is 2.14. The zero-order chi connectivity index (χ0) is 11.1. The Kier molecular flexibility index (Phi) is 4.08. The van der Waals surface area contributed by atoms with Crippen LogP contribution in [-0.2, 0) is 4.79 Å². The molecule has 1 rings (SSSR count). The molecule has 0 radical (unpaired) electrons. The average molecular weight is 209 g/mol. The summed E-state index contributed by atoms with van der Waals surface area (Å²) >= 11 is 0. The lowest BCUT2D eigenvalue weighted by Gasteiger charge is -2.04. The lowest BCUT2D eigenvalue weighted by Crippen LogP contribution is -2.20. The molecule has 0 heterocycles. The third kappa shape index (κ3) is 3.63. The van der Waals surface area contributed by atoms with Gasteiger partial charge < -0.3 is 10.6 Å². The minimum atomic E-state index is -0.447. The molecule has 0 unspecified atom stereocenters. The second kappa shape index (κ2) is 5.58. The van der Waals surface area contributed by atoms with E-state index >= 15 is 0 Å². The molecular weight excluding hydrogens is 198 g/mol. The first-order valence-corrected chi connectivity index (χ1v) is 4.39. The number of carbonyl (C=O) groups is 1. The largest absolute Gasteiger partial charge is 0.383 e. The maximum Gasteiger partial charge on any atom is 0.269 e. The Hall–Kier alpha value is -2.11. The molecule has 0 aliphatic heterocycles. The Morgan fingerprint density at radius 1 is 1.27 bits per heavy atom. The van der Waals surface area contributed by atoms with Crippen molar-refractivity contribution in [3.05, 3.63) is 34.4 Å². The van der Waals surface area contributed by atoms with Crippen molar-refractivity contribution < 1.29 is 9.72 Å². The number of nitro groups is 1. The molecule has 0 spiro atoms. The van der Waals surface area contributed by atoms with E-state index in [9.17, 15) is 14.9 Å². The summed E-state index contributed by atoms with van der Waals surface area (Å²) in [5, 5.41) is 15.8. The number of hydrogen-bond acceptors (Lipinski definition) is 4. The van der Waals surface area contributed by atoms with Gasteiger partial charge in [-0.3, -0.25) is 14.9 Å². The summed E-state index contributed by atoms with van der Waals surface area (Å²) in [5.41, 5.74) is 0.847. The molecule has 1 aromatic rings. The molecule has 0 atom stereocenters. The third-order valence-corrected chi connectivity index (χ3v) is 1.76. The van der Waals surface area contributed by atoms with Crippen LogP contribution in [0.4, 0.5) is 11.4 Å². The quantitative estimate of drug-likeness (QED) is 0.313. The van der Waals surface area contributed by atoms with E-state index in [0.717, 1.165) is 5.69 Å². The number of carbonyl (C=O) groups excluding carboxylic acids is 1. The Balaban J connectivity index is 2.42. The van der Waals surface area contributed by atoms with Crippen LogP contribution in [0.15, 0.2) is 24.3 Å². The van der Waals surface area contributed by atoms with Gasteiger partial charge in [0.25, 0.3) is 5.69 Å². The number of nitrogens with zero attached hydrogens (tertiary/aromatic N) is 1. The second-order valence-corrected chi connectivity index (χ2v) is 2.80. The number of non-ortho nitro benzene ring substituents is 1. The normalized spacial score (nSPS) is 9.33. The van der Waals surface area contributed by atoms with Crippen molar-refractivity contribution in [1.82, 2.24) is 5.32 Å². The molecule has 0 saturated heterocycles. The predicted octanol–water partition coefficient (Wildman–Crippen LogP) is 0.753. The van der Waals surface area contributed by atoms with Crippen LogP contribution in [0, 0.1) is 10.1 Å². The van der Waals surface area contributed by atoms with Crippen molar-refractivity contribution in [3.8, 4) is 0 Å². The number of benzene rings is 1. The van der Waals surface area contributed by atoms with E-state index in [-0.39, 0.29) is 5.69 Å².